The number of sulfonamides is 2. The Morgan fingerprint density at radius 3 is 2.38 bits per heavy atom. The van der Waals surface area contributed by atoms with Gasteiger partial charge in [-0.05, 0) is 61.6 Å². The van der Waals surface area contributed by atoms with Crippen LogP contribution in [0.15, 0.2) is 41.3 Å². The minimum absolute atomic E-state index is 0.0498. The number of hydrogen-bond acceptors (Lipinski definition) is 8. The summed E-state index contributed by atoms with van der Waals surface area (Å²) in [5.41, 5.74) is 2.01. The lowest BCUT2D eigenvalue weighted by molar-refractivity contribution is -0.139. The second kappa shape index (κ2) is 12.9. The van der Waals surface area contributed by atoms with E-state index in [9.17, 15) is 21.6 Å². The first kappa shape index (κ1) is 30.1. The summed E-state index contributed by atoms with van der Waals surface area (Å²) in [6.07, 6.45) is 0.165. The molecular formula is C25H33N3O7S2. The van der Waals surface area contributed by atoms with E-state index in [0.717, 1.165) is 9.87 Å². The third kappa shape index (κ3) is 7.67. The van der Waals surface area contributed by atoms with Crippen LogP contribution in [0.1, 0.15) is 50.3 Å². The molecule has 0 aliphatic carbocycles. The van der Waals surface area contributed by atoms with Gasteiger partial charge in [0, 0.05) is 13.1 Å². The van der Waals surface area contributed by atoms with E-state index in [0.29, 0.717) is 11.3 Å². The molecule has 0 spiro atoms. The summed E-state index contributed by atoms with van der Waals surface area (Å²) in [6.45, 7) is 7.28. The lowest BCUT2D eigenvalue weighted by Crippen LogP contribution is -2.37. The van der Waals surface area contributed by atoms with Gasteiger partial charge >= 0.3 is 5.97 Å². The number of anilines is 1. The molecule has 0 aliphatic rings. The molecule has 0 saturated heterocycles. The minimum atomic E-state index is -4.05. The number of methoxy groups -OCH3 is 1. The van der Waals surface area contributed by atoms with Crippen molar-refractivity contribution >= 4 is 31.7 Å². The van der Waals surface area contributed by atoms with Gasteiger partial charge in [-0.25, -0.2) is 21.6 Å². The fourth-order valence-electron chi connectivity index (χ4n) is 3.68. The molecule has 0 aliphatic heterocycles. The number of nitrogens with zero attached hydrogens (tertiary/aromatic N) is 2. The molecule has 0 unspecified atom stereocenters. The third-order valence-electron chi connectivity index (χ3n) is 5.54. The topological polar surface area (TPSA) is 143 Å². The number of rotatable bonds is 13. The summed E-state index contributed by atoms with van der Waals surface area (Å²) in [5.74, 6) is -1.45. The van der Waals surface area contributed by atoms with Gasteiger partial charge in [0.15, 0.2) is 5.75 Å². The molecule has 0 amide bonds. The van der Waals surface area contributed by atoms with Crippen molar-refractivity contribution in [3.8, 4) is 11.8 Å². The van der Waals surface area contributed by atoms with E-state index in [1.807, 2.05) is 26.0 Å². The molecule has 10 nitrogen and oxygen atoms in total. The van der Waals surface area contributed by atoms with E-state index in [4.69, 9.17) is 14.7 Å². The van der Waals surface area contributed by atoms with Gasteiger partial charge in [0.1, 0.15) is 10.6 Å². The fourth-order valence-corrected chi connectivity index (χ4v) is 6.31. The SMILES string of the molecule is CCOC(=O)CS(=O)(=O)N(CC)c1cc(C(C)C)ccc1CCNS(=O)(=O)c1cc(C#N)ccc1OC. The van der Waals surface area contributed by atoms with E-state index in [1.165, 1.54) is 25.3 Å². The van der Waals surface area contributed by atoms with Crippen LogP contribution in [0.4, 0.5) is 5.69 Å². The molecule has 0 aromatic heterocycles. The maximum Gasteiger partial charge on any atom is 0.323 e. The molecule has 37 heavy (non-hydrogen) atoms. The van der Waals surface area contributed by atoms with Crippen molar-refractivity contribution in [2.75, 3.05) is 36.9 Å². The summed E-state index contributed by atoms with van der Waals surface area (Å²) in [5, 5.41) is 9.14. The Morgan fingerprint density at radius 1 is 1.11 bits per heavy atom. The lowest BCUT2D eigenvalue weighted by Gasteiger charge is -2.26. The molecule has 12 heteroatoms. The first-order valence-electron chi connectivity index (χ1n) is 11.8. The maximum atomic E-state index is 13.1. The largest absolute Gasteiger partial charge is 0.495 e. The zero-order valence-electron chi connectivity index (χ0n) is 21.6. The lowest BCUT2D eigenvalue weighted by atomic mass is 9.99. The van der Waals surface area contributed by atoms with Crippen LogP contribution in [0.3, 0.4) is 0 Å². The molecular weight excluding hydrogens is 518 g/mol. The normalized spacial score (nSPS) is 11.7. The van der Waals surface area contributed by atoms with Crippen molar-refractivity contribution in [3.05, 3.63) is 53.1 Å². The van der Waals surface area contributed by atoms with Crippen LogP contribution in [0.25, 0.3) is 0 Å². The van der Waals surface area contributed by atoms with Gasteiger partial charge in [-0.1, -0.05) is 26.0 Å². The molecule has 202 valence electrons. The number of nitrogens with one attached hydrogen (secondary N) is 1. The molecule has 0 saturated carbocycles. The average Bonchev–Trinajstić information content (AvgIpc) is 2.84. The number of hydrogen-bond donors (Lipinski definition) is 1. The van der Waals surface area contributed by atoms with Crippen molar-refractivity contribution in [3.63, 3.8) is 0 Å². The zero-order chi connectivity index (χ0) is 27.8. The Balaban J connectivity index is 2.38. The number of ether oxygens (including phenoxy) is 2. The quantitative estimate of drug-likeness (QED) is 0.374. The van der Waals surface area contributed by atoms with E-state index < -0.39 is 31.8 Å². The molecule has 1 N–H and O–H groups in total. The first-order valence-corrected chi connectivity index (χ1v) is 14.9. The zero-order valence-corrected chi connectivity index (χ0v) is 23.3. The second-order valence-corrected chi connectivity index (χ2v) is 12.0. The summed E-state index contributed by atoms with van der Waals surface area (Å²) in [7, 11) is -6.76. The predicted octanol–water partition coefficient (Wildman–Crippen LogP) is 2.93. The number of nitriles is 1. The smallest absolute Gasteiger partial charge is 0.323 e. The second-order valence-electron chi connectivity index (χ2n) is 8.39. The highest BCUT2D eigenvalue weighted by Crippen LogP contribution is 2.29. The van der Waals surface area contributed by atoms with Crippen LogP contribution in [0.2, 0.25) is 0 Å². The molecule has 0 radical (unpaired) electrons. The number of carbonyl (C=O) groups is 1. The summed E-state index contributed by atoms with van der Waals surface area (Å²) in [4.78, 5) is 11.8. The highest BCUT2D eigenvalue weighted by Gasteiger charge is 2.28. The van der Waals surface area contributed by atoms with Gasteiger partial charge in [-0.15, -0.1) is 0 Å². The van der Waals surface area contributed by atoms with E-state index in [-0.39, 0.29) is 48.2 Å². The Labute approximate surface area is 219 Å². The van der Waals surface area contributed by atoms with Crippen LogP contribution in [0.5, 0.6) is 5.75 Å². The van der Waals surface area contributed by atoms with Gasteiger partial charge in [0.25, 0.3) is 0 Å². The van der Waals surface area contributed by atoms with E-state index in [2.05, 4.69) is 4.72 Å². The molecule has 2 rings (SSSR count). The molecule has 0 fully saturated rings. The fraction of sp³-hybridized carbons (Fsp3) is 0.440. The maximum absolute atomic E-state index is 13.1. The molecule has 0 bridgehead atoms. The molecule has 0 atom stereocenters. The van der Waals surface area contributed by atoms with Gasteiger partial charge in [-0.2, -0.15) is 5.26 Å². The summed E-state index contributed by atoms with van der Waals surface area (Å²) >= 11 is 0. The van der Waals surface area contributed by atoms with Gasteiger partial charge in [0.2, 0.25) is 20.0 Å². The van der Waals surface area contributed by atoms with E-state index in [1.54, 1.807) is 26.0 Å². The predicted molar refractivity (Wildman–Crippen MR) is 141 cm³/mol. The van der Waals surface area contributed by atoms with Gasteiger partial charge in [0.05, 0.1) is 31.0 Å². The number of carbonyl (C=O) groups excluding carboxylic acids is 1. The standard InChI is InChI=1S/C25H33N3O7S2/c1-6-28(36(30,31)17-25(29)35-7-2)22-15-21(18(3)4)10-9-20(22)12-13-27-37(32,33)24-14-19(16-26)8-11-23(24)34-5/h8-11,14-15,18,27H,6-7,12-13,17H2,1-5H3. The van der Waals surface area contributed by atoms with Gasteiger partial charge < -0.3 is 9.47 Å². The van der Waals surface area contributed by atoms with Crippen LogP contribution < -0.4 is 13.8 Å². The van der Waals surface area contributed by atoms with E-state index >= 15 is 0 Å². The van der Waals surface area contributed by atoms with Crippen LogP contribution in [0, 0.1) is 11.3 Å². The Bertz CT molecular complexity index is 1370. The Morgan fingerprint density at radius 2 is 1.81 bits per heavy atom. The van der Waals surface area contributed by atoms with Crippen molar-refractivity contribution in [1.29, 1.82) is 5.26 Å². The molecule has 0 heterocycles. The highest BCUT2D eigenvalue weighted by molar-refractivity contribution is 7.93. The number of benzene rings is 2. The van der Waals surface area contributed by atoms with Crippen molar-refractivity contribution < 1.29 is 31.1 Å². The highest BCUT2D eigenvalue weighted by atomic mass is 32.2. The monoisotopic (exact) mass is 551 g/mol. The molecule has 2 aromatic rings. The molecule has 2 aromatic carbocycles. The van der Waals surface area contributed by atoms with Crippen molar-refractivity contribution in [2.45, 2.75) is 44.9 Å². The number of esters is 1. The minimum Gasteiger partial charge on any atom is -0.495 e. The van der Waals surface area contributed by atoms with Crippen molar-refractivity contribution in [2.24, 2.45) is 0 Å². The van der Waals surface area contributed by atoms with Crippen LogP contribution in [-0.4, -0.2) is 55.4 Å². The van der Waals surface area contributed by atoms with Crippen molar-refractivity contribution in [1.82, 2.24) is 4.72 Å². The Hall–Kier alpha value is -3.14. The summed E-state index contributed by atoms with van der Waals surface area (Å²) < 4.78 is 65.8. The van der Waals surface area contributed by atoms with Crippen LogP contribution >= 0.6 is 0 Å². The first-order chi connectivity index (χ1) is 17.4. The summed E-state index contributed by atoms with van der Waals surface area (Å²) in [6, 6.07) is 11.4. The van der Waals surface area contributed by atoms with Gasteiger partial charge in [-0.3, -0.25) is 9.10 Å². The average molecular weight is 552 g/mol. The van der Waals surface area contributed by atoms with Crippen LogP contribution in [-0.2, 0) is 36.0 Å². The Kier molecular flexibility index (Phi) is 10.5. The third-order valence-corrected chi connectivity index (χ3v) is 8.75.